The maximum Gasteiger partial charge on any atom is -0.0114 e. The third kappa shape index (κ3) is 4.97. The van der Waals surface area contributed by atoms with Crippen LogP contribution in [0.1, 0.15) is 92.9 Å². The molecule has 0 bridgehead atoms. The Kier molecular flexibility index (Phi) is 5.32. The van der Waals surface area contributed by atoms with E-state index < -0.39 is 0 Å². The van der Waals surface area contributed by atoms with Crippen LogP contribution in [-0.4, -0.2) is 0 Å². The van der Waals surface area contributed by atoms with Crippen LogP contribution in [-0.2, 0) is 0 Å². The highest BCUT2D eigenvalue weighted by molar-refractivity contribution is 5.10. The summed E-state index contributed by atoms with van der Waals surface area (Å²) in [5.41, 5.74) is 2.79. The summed E-state index contributed by atoms with van der Waals surface area (Å²) in [7, 11) is 0. The van der Waals surface area contributed by atoms with E-state index in [1.807, 2.05) is 0 Å². The van der Waals surface area contributed by atoms with E-state index in [1.165, 1.54) is 50.5 Å². The molecule has 19 heavy (non-hydrogen) atoms. The second-order valence-corrected chi connectivity index (χ2v) is 8.73. The Morgan fingerprint density at radius 1 is 0.842 bits per heavy atom. The predicted octanol–water partition coefficient (Wildman–Crippen LogP) is 6.76. The zero-order chi connectivity index (χ0) is 14.7. The molecule has 1 fully saturated rings. The van der Waals surface area contributed by atoms with Crippen molar-refractivity contribution >= 4 is 0 Å². The molecule has 0 heteroatoms. The van der Waals surface area contributed by atoms with Gasteiger partial charge >= 0.3 is 0 Å². The van der Waals surface area contributed by atoms with Crippen molar-refractivity contribution in [3.63, 3.8) is 0 Å². The monoisotopic (exact) mass is 264 g/mol. The molecule has 0 spiro atoms. The summed E-state index contributed by atoms with van der Waals surface area (Å²) >= 11 is 0. The van der Waals surface area contributed by atoms with Crippen LogP contribution in [0.15, 0.2) is 12.2 Å². The van der Waals surface area contributed by atoms with E-state index in [0.717, 1.165) is 6.42 Å². The first kappa shape index (κ1) is 16.8. The van der Waals surface area contributed by atoms with Crippen molar-refractivity contribution in [1.82, 2.24) is 0 Å². The highest BCUT2D eigenvalue weighted by Gasteiger charge is 2.36. The number of hydrogen-bond donors (Lipinski definition) is 0. The average Bonchev–Trinajstić information content (AvgIpc) is 2.30. The Hall–Kier alpha value is -0.260. The first-order valence-corrected chi connectivity index (χ1v) is 8.29. The van der Waals surface area contributed by atoms with Gasteiger partial charge in [-0.25, -0.2) is 0 Å². The Morgan fingerprint density at radius 3 is 1.89 bits per heavy atom. The molecule has 1 atom stereocenters. The lowest BCUT2D eigenvalue weighted by Gasteiger charge is -2.42. The van der Waals surface area contributed by atoms with Gasteiger partial charge in [-0.3, -0.25) is 0 Å². The molecule has 0 aliphatic heterocycles. The first-order valence-electron chi connectivity index (χ1n) is 8.29. The van der Waals surface area contributed by atoms with Gasteiger partial charge in [-0.05, 0) is 54.8 Å². The summed E-state index contributed by atoms with van der Waals surface area (Å²) in [6.07, 6.45) is 10.7. The van der Waals surface area contributed by atoms with Gasteiger partial charge in [-0.2, -0.15) is 0 Å². The smallest absolute Gasteiger partial charge is 0.0114 e. The fourth-order valence-electron chi connectivity index (χ4n) is 3.91. The number of rotatable bonds is 2. The SMILES string of the molecule is C=C(CC)C1(C)CCC(C)(C)CCCCC(C)(C)C1. The van der Waals surface area contributed by atoms with E-state index in [1.54, 1.807) is 0 Å². The van der Waals surface area contributed by atoms with E-state index >= 15 is 0 Å². The first-order chi connectivity index (χ1) is 8.60. The minimum atomic E-state index is 0.340. The molecule has 0 saturated heterocycles. The van der Waals surface area contributed by atoms with Crippen LogP contribution >= 0.6 is 0 Å². The lowest BCUT2D eigenvalue weighted by molar-refractivity contribution is 0.138. The van der Waals surface area contributed by atoms with Gasteiger partial charge in [0.25, 0.3) is 0 Å². The predicted molar refractivity (Wildman–Crippen MR) is 87.4 cm³/mol. The van der Waals surface area contributed by atoms with Crippen LogP contribution in [0.25, 0.3) is 0 Å². The summed E-state index contributed by atoms with van der Waals surface area (Å²) in [5.74, 6) is 0. The van der Waals surface area contributed by atoms with Gasteiger partial charge in [0.15, 0.2) is 0 Å². The molecule has 1 aliphatic carbocycles. The van der Waals surface area contributed by atoms with Gasteiger partial charge in [-0.1, -0.05) is 66.5 Å². The average molecular weight is 264 g/mol. The fraction of sp³-hybridized carbons (Fsp3) is 0.895. The summed E-state index contributed by atoms with van der Waals surface area (Å²) < 4.78 is 0. The Morgan fingerprint density at radius 2 is 1.37 bits per heavy atom. The molecule has 1 rings (SSSR count). The van der Waals surface area contributed by atoms with Gasteiger partial charge in [-0.15, -0.1) is 0 Å². The summed E-state index contributed by atoms with van der Waals surface area (Å²) in [5, 5.41) is 0. The normalized spacial score (nSPS) is 31.7. The van der Waals surface area contributed by atoms with Gasteiger partial charge in [0, 0.05) is 0 Å². The van der Waals surface area contributed by atoms with Crippen LogP contribution in [0.3, 0.4) is 0 Å². The second-order valence-electron chi connectivity index (χ2n) is 8.73. The largest absolute Gasteiger partial charge is 0.0993 e. The lowest BCUT2D eigenvalue weighted by Crippen LogP contribution is -2.30. The zero-order valence-electron chi connectivity index (χ0n) is 14.4. The topological polar surface area (TPSA) is 0 Å². The van der Waals surface area contributed by atoms with Crippen LogP contribution < -0.4 is 0 Å². The highest BCUT2D eigenvalue weighted by atomic mass is 14.4. The van der Waals surface area contributed by atoms with Gasteiger partial charge in [0.2, 0.25) is 0 Å². The van der Waals surface area contributed by atoms with Crippen molar-refractivity contribution < 1.29 is 0 Å². The molecule has 0 heterocycles. The quantitative estimate of drug-likeness (QED) is 0.483. The zero-order valence-corrected chi connectivity index (χ0v) is 14.4. The molecule has 0 N–H and O–H groups in total. The molecule has 0 aromatic heterocycles. The number of allylic oxidation sites excluding steroid dienone is 1. The van der Waals surface area contributed by atoms with Crippen LogP contribution in [0, 0.1) is 16.2 Å². The van der Waals surface area contributed by atoms with Crippen molar-refractivity contribution in [1.29, 1.82) is 0 Å². The molecule has 1 saturated carbocycles. The summed E-state index contributed by atoms with van der Waals surface area (Å²) in [6, 6.07) is 0. The van der Waals surface area contributed by atoms with Crippen LogP contribution in [0.4, 0.5) is 0 Å². The van der Waals surface area contributed by atoms with Gasteiger partial charge in [0.1, 0.15) is 0 Å². The molecular formula is C19H36. The summed E-state index contributed by atoms with van der Waals surface area (Å²) in [4.78, 5) is 0. The van der Waals surface area contributed by atoms with Gasteiger partial charge in [0.05, 0.1) is 0 Å². The van der Waals surface area contributed by atoms with Crippen LogP contribution in [0.2, 0.25) is 0 Å². The maximum absolute atomic E-state index is 4.41. The molecule has 112 valence electrons. The minimum Gasteiger partial charge on any atom is -0.0993 e. The maximum atomic E-state index is 4.41. The lowest BCUT2D eigenvalue weighted by atomic mass is 9.63. The van der Waals surface area contributed by atoms with E-state index in [9.17, 15) is 0 Å². The van der Waals surface area contributed by atoms with E-state index in [0.29, 0.717) is 16.2 Å². The third-order valence-corrected chi connectivity index (χ3v) is 5.46. The van der Waals surface area contributed by atoms with Crippen LogP contribution in [0.5, 0.6) is 0 Å². The Bertz CT molecular complexity index is 308. The molecular weight excluding hydrogens is 228 g/mol. The van der Waals surface area contributed by atoms with E-state index in [4.69, 9.17) is 0 Å². The molecule has 1 aliphatic rings. The molecule has 0 aromatic rings. The minimum absolute atomic E-state index is 0.340. The third-order valence-electron chi connectivity index (χ3n) is 5.46. The molecule has 1 unspecified atom stereocenters. The van der Waals surface area contributed by atoms with E-state index in [-0.39, 0.29) is 0 Å². The number of hydrogen-bond acceptors (Lipinski definition) is 0. The Balaban J connectivity index is 2.93. The van der Waals surface area contributed by atoms with E-state index in [2.05, 4.69) is 48.1 Å². The second kappa shape index (κ2) is 6.02. The van der Waals surface area contributed by atoms with Crippen molar-refractivity contribution in [2.75, 3.05) is 0 Å². The van der Waals surface area contributed by atoms with Crippen molar-refractivity contribution in [3.8, 4) is 0 Å². The highest BCUT2D eigenvalue weighted by Crippen LogP contribution is 2.48. The molecule has 0 nitrogen and oxygen atoms in total. The summed E-state index contributed by atoms with van der Waals surface area (Å²) in [6.45, 7) is 19.0. The van der Waals surface area contributed by atoms with Crippen molar-refractivity contribution in [2.24, 2.45) is 16.2 Å². The van der Waals surface area contributed by atoms with Crippen molar-refractivity contribution in [2.45, 2.75) is 92.9 Å². The van der Waals surface area contributed by atoms with Gasteiger partial charge < -0.3 is 0 Å². The van der Waals surface area contributed by atoms with Crippen molar-refractivity contribution in [3.05, 3.63) is 12.2 Å². The molecule has 0 radical (unpaired) electrons. The Labute approximate surface area is 122 Å². The molecule has 0 aromatic carbocycles. The molecule has 0 amide bonds. The standard InChI is InChI=1S/C19H36/c1-8-16(2)19(7)14-13-17(3,4)11-9-10-12-18(5,6)15-19/h2,8-15H2,1,3-7H3. The fourth-order valence-corrected chi connectivity index (χ4v) is 3.91.